The number of carbonyl (C=O) groups excluding carboxylic acids is 1. The van der Waals surface area contributed by atoms with Gasteiger partial charge < -0.3 is 23.8 Å². The van der Waals surface area contributed by atoms with E-state index in [1.54, 1.807) is 26.2 Å². The van der Waals surface area contributed by atoms with Crippen molar-refractivity contribution in [2.75, 3.05) is 65.4 Å². The van der Waals surface area contributed by atoms with Crippen molar-refractivity contribution in [3.05, 3.63) is 40.7 Å². The molecule has 2 aromatic rings. The second-order valence-electron chi connectivity index (χ2n) is 8.26. The molecule has 1 aliphatic rings. The average Bonchev–Trinajstić information content (AvgIpc) is 2.84. The topological polar surface area (TPSA) is 122 Å². The number of hydrogen-bond acceptors (Lipinski definition) is 9. The first-order valence-electron chi connectivity index (χ1n) is 11.2. The molecule has 11 heteroatoms. The molecule has 1 aliphatic heterocycles. The molecule has 0 aliphatic carbocycles. The molecule has 3 rings (SSSR count). The summed E-state index contributed by atoms with van der Waals surface area (Å²) in [5, 5.41) is 12.1. The second-order valence-corrected chi connectivity index (χ2v) is 8.26. The minimum absolute atomic E-state index is 0.268. The van der Waals surface area contributed by atoms with Crippen LogP contribution in [0, 0.1) is 11.3 Å². The normalized spacial score (nSPS) is 13.0. The standard InChI is InChI=1S/C24H32N6O5/c1-29(2)15-17-11-16-7-6-8-30(22(16)28-21(17)23(33-4)34-5)24(31)27-20-12-19(35-10-9-32-3)18(13-25)14-26-20/h11-12,14,23H,6-10,15H2,1-5H3,(H,26,27,31). The van der Waals surface area contributed by atoms with E-state index in [9.17, 15) is 10.1 Å². The summed E-state index contributed by atoms with van der Waals surface area (Å²) < 4.78 is 21.6. The highest BCUT2D eigenvalue weighted by Gasteiger charge is 2.28. The van der Waals surface area contributed by atoms with E-state index in [2.05, 4.69) is 16.4 Å². The summed E-state index contributed by atoms with van der Waals surface area (Å²) in [6.45, 7) is 1.79. The highest BCUT2D eigenvalue weighted by atomic mass is 16.7. The lowest BCUT2D eigenvalue weighted by Gasteiger charge is -2.30. The van der Waals surface area contributed by atoms with Crippen LogP contribution >= 0.6 is 0 Å². The second kappa shape index (κ2) is 12.4. The monoisotopic (exact) mass is 484 g/mol. The van der Waals surface area contributed by atoms with Gasteiger partial charge in [-0.1, -0.05) is 0 Å². The van der Waals surface area contributed by atoms with E-state index in [0.717, 1.165) is 24.0 Å². The maximum atomic E-state index is 13.3. The Balaban J connectivity index is 1.89. The van der Waals surface area contributed by atoms with E-state index in [-0.39, 0.29) is 24.0 Å². The van der Waals surface area contributed by atoms with Gasteiger partial charge in [-0.05, 0) is 44.1 Å². The first-order chi connectivity index (χ1) is 16.9. The number of ether oxygens (including phenoxy) is 4. The molecule has 0 atom stereocenters. The summed E-state index contributed by atoms with van der Waals surface area (Å²) in [5.74, 6) is 1.16. The predicted octanol–water partition coefficient (Wildman–Crippen LogP) is 2.71. The highest BCUT2D eigenvalue weighted by Crippen LogP contribution is 2.32. The van der Waals surface area contributed by atoms with Gasteiger partial charge in [0.05, 0.1) is 12.8 Å². The van der Waals surface area contributed by atoms with E-state index in [4.69, 9.17) is 23.9 Å². The fourth-order valence-electron chi connectivity index (χ4n) is 3.87. The largest absolute Gasteiger partial charge is 0.490 e. The molecule has 0 saturated carbocycles. The smallest absolute Gasteiger partial charge is 0.328 e. The van der Waals surface area contributed by atoms with Gasteiger partial charge >= 0.3 is 6.03 Å². The van der Waals surface area contributed by atoms with Gasteiger partial charge in [-0.2, -0.15) is 5.26 Å². The van der Waals surface area contributed by atoms with E-state index in [1.165, 1.54) is 12.3 Å². The number of aryl methyl sites for hydroxylation is 1. The molecule has 3 heterocycles. The summed E-state index contributed by atoms with van der Waals surface area (Å²) in [4.78, 5) is 25.9. The molecule has 2 amide bonds. The van der Waals surface area contributed by atoms with Gasteiger partial charge in [0.2, 0.25) is 6.29 Å². The van der Waals surface area contributed by atoms with Crippen molar-refractivity contribution >= 4 is 17.7 Å². The summed E-state index contributed by atoms with van der Waals surface area (Å²) in [6.07, 6.45) is 2.32. The summed E-state index contributed by atoms with van der Waals surface area (Å²) >= 11 is 0. The third-order valence-electron chi connectivity index (χ3n) is 5.42. The molecule has 0 saturated heterocycles. The highest BCUT2D eigenvalue weighted by molar-refractivity contribution is 6.01. The zero-order chi connectivity index (χ0) is 25.4. The number of nitrogens with zero attached hydrogens (tertiary/aromatic N) is 5. The molecular formula is C24H32N6O5. The minimum Gasteiger partial charge on any atom is -0.490 e. The lowest BCUT2D eigenvalue weighted by Crippen LogP contribution is -2.40. The van der Waals surface area contributed by atoms with E-state index >= 15 is 0 Å². The van der Waals surface area contributed by atoms with E-state index < -0.39 is 6.29 Å². The van der Waals surface area contributed by atoms with Crippen molar-refractivity contribution in [2.24, 2.45) is 0 Å². The lowest BCUT2D eigenvalue weighted by atomic mass is 10.0. The number of anilines is 2. The van der Waals surface area contributed by atoms with Crippen LogP contribution in [0.5, 0.6) is 5.75 Å². The van der Waals surface area contributed by atoms with Crippen LogP contribution in [0.15, 0.2) is 18.3 Å². The van der Waals surface area contributed by atoms with Gasteiger partial charge in [0.25, 0.3) is 0 Å². The van der Waals surface area contributed by atoms with Gasteiger partial charge in [0, 0.05) is 40.5 Å². The van der Waals surface area contributed by atoms with Crippen molar-refractivity contribution in [1.29, 1.82) is 5.26 Å². The molecule has 2 aromatic heterocycles. The number of carbonyl (C=O) groups is 1. The molecule has 0 radical (unpaired) electrons. The van der Waals surface area contributed by atoms with Gasteiger partial charge in [-0.15, -0.1) is 0 Å². The quantitative estimate of drug-likeness (QED) is 0.401. The fourth-order valence-corrected chi connectivity index (χ4v) is 3.87. The molecule has 0 aromatic carbocycles. The van der Waals surface area contributed by atoms with Gasteiger partial charge in [0.1, 0.15) is 41.3 Å². The van der Waals surface area contributed by atoms with Crippen LogP contribution in [0.1, 0.15) is 35.1 Å². The van der Waals surface area contributed by atoms with Gasteiger partial charge in [-0.25, -0.2) is 14.8 Å². The molecule has 0 spiro atoms. The van der Waals surface area contributed by atoms with Crippen molar-refractivity contribution in [1.82, 2.24) is 14.9 Å². The average molecular weight is 485 g/mol. The third kappa shape index (κ3) is 6.43. The van der Waals surface area contributed by atoms with Crippen LogP contribution in [0.4, 0.5) is 16.4 Å². The van der Waals surface area contributed by atoms with Crippen LogP contribution in [0.2, 0.25) is 0 Å². The predicted molar refractivity (Wildman–Crippen MR) is 129 cm³/mol. The number of pyridine rings is 2. The maximum Gasteiger partial charge on any atom is 0.328 e. The Morgan fingerprint density at radius 3 is 2.69 bits per heavy atom. The number of methoxy groups -OCH3 is 3. The third-order valence-corrected chi connectivity index (χ3v) is 5.42. The Kier molecular flexibility index (Phi) is 9.33. The Morgan fingerprint density at radius 1 is 1.26 bits per heavy atom. The number of rotatable bonds is 10. The Hall–Kier alpha value is -3.30. The molecule has 0 bridgehead atoms. The van der Waals surface area contributed by atoms with E-state index in [0.29, 0.717) is 37.0 Å². The Morgan fingerprint density at radius 2 is 2.03 bits per heavy atom. The van der Waals surface area contributed by atoms with Gasteiger partial charge in [-0.3, -0.25) is 10.2 Å². The van der Waals surface area contributed by atoms with Crippen molar-refractivity contribution < 1.29 is 23.7 Å². The minimum atomic E-state index is -0.658. The van der Waals surface area contributed by atoms with Crippen molar-refractivity contribution in [2.45, 2.75) is 25.7 Å². The van der Waals surface area contributed by atoms with Crippen LogP contribution in [0.3, 0.4) is 0 Å². The molecular weight excluding hydrogens is 452 g/mol. The summed E-state index contributed by atoms with van der Waals surface area (Å²) in [5.41, 5.74) is 2.87. The summed E-state index contributed by atoms with van der Waals surface area (Å²) in [7, 11) is 8.64. The molecule has 11 nitrogen and oxygen atoms in total. The lowest BCUT2D eigenvalue weighted by molar-refractivity contribution is -0.109. The Labute approximate surface area is 205 Å². The molecule has 0 unspecified atom stereocenters. The molecule has 188 valence electrons. The first-order valence-corrected chi connectivity index (χ1v) is 11.2. The Bertz CT molecular complexity index is 1070. The zero-order valence-electron chi connectivity index (χ0n) is 20.8. The number of fused-ring (bicyclic) bond motifs is 1. The van der Waals surface area contributed by atoms with E-state index in [1.807, 2.05) is 25.1 Å². The number of amides is 2. The molecule has 35 heavy (non-hydrogen) atoms. The van der Waals surface area contributed by atoms with Crippen LogP contribution in [0.25, 0.3) is 0 Å². The zero-order valence-corrected chi connectivity index (χ0v) is 20.8. The fraction of sp³-hybridized carbons (Fsp3) is 0.500. The number of hydrogen-bond donors (Lipinski definition) is 1. The number of urea groups is 1. The van der Waals surface area contributed by atoms with Gasteiger partial charge in [0.15, 0.2) is 0 Å². The number of nitrogens with one attached hydrogen (secondary N) is 1. The summed E-state index contributed by atoms with van der Waals surface area (Å²) in [6, 6.07) is 5.26. The molecule has 0 fully saturated rings. The van der Waals surface area contributed by atoms with Crippen LogP contribution in [-0.4, -0.2) is 76.1 Å². The SMILES string of the molecule is COCCOc1cc(NC(=O)N2CCCc3cc(CN(C)C)c(C(OC)OC)nc32)ncc1C#N. The molecule has 1 N–H and O–H groups in total. The first kappa shape index (κ1) is 26.3. The number of nitriles is 1. The van der Waals surface area contributed by atoms with Crippen molar-refractivity contribution in [3.63, 3.8) is 0 Å². The maximum absolute atomic E-state index is 13.3. The van der Waals surface area contributed by atoms with Crippen LogP contribution < -0.4 is 15.0 Å². The number of aromatic nitrogens is 2. The van der Waals surface area contributed by atoms with Crippen molar-refractivity contribution in [3.8, 4) is 11.8 Å². The van der Waals surface area contributed by atoms with Crippen LogP contribution in [-0.2, 0) is 27.2 Å².